The Balaban J connectivity index is 2.38. The number of hydrogen-bond acceptors (Lipinski definition) is 5. The first kappa shape index (κ1) is 19.9. The number of amides is 1. The third-order valence-corrected chi connectivity index (χ3v) is 5.18. The molecule has 0 aliphatic heterocycles. The van der Waals surface area contributed by atoms with Crippen LogP contribution in [0.2, 0.25) is 0 Å². The maximum absolute atomic E-state index is 13.0. The summed E-state index contributed by atoms with van der Waals surface area (Å²) in [6.07, 6.45) is 2.95. The minimum atomic E-state index is -3.94. The van der Waals surface area contributed by atoms with Gasteiger partial charge in [0, 0.05) is 25.9 Å². The lowest BCUT2D eigenvalue weighted by Gasteiger charge is -2.27. The van der Waals surface area contributed by atoms with E-state index in [4.69, 9.17) is 4.74 Å². The molecule has 0 aliphatic rings. The number of nitrogens with zero attached hydrogens (tertiary/aromatic N) is 2. The van der Waals surface area contributed by atoms with Gasteiger partial charge in [0.1, 0.15) is 4.90 Å². The Morgan fingerprint density at radius 3 is 2.58 bits per heavy atom. The SMILES string of the molecule is COCCN(C(=O)c1ccccc1S(=O)(=O)Nc1cccnc1)C(C)C. The second-order valence-electron chi connectivity index (χ2n) is 5.93. The molecule has 1 aromatic heterocycles. The van der Waals surface area contributed by atoms with Crippen LogP contribution in [0.25, 0.3) is 0 Å². The second kappa shape index (κ2) is 8.77. The van der Waals surface area contributed by atoms with E-state index in [1.807, 2.05) is 13.8 Å². The van der Waals surface area contributed by atoms with Gasteiger partial charge in [-0.3, -0.25) is 14.5 Å². The van der Waals surface area contributed by atoms with E-state index in [2.05, 4.69) is 9.71 Å². The molecule has 26 heavy (non-hydrogen) atoms. The molecule has 0 atom stereocenters. The van der Waals surface area contributed by atoms with Crippen LogP contribution in [0.1, 0.15) is 24.2 Å². The molecule has 0 spiro atoms. The van der Waals surface area contributed by atoms with Gasteiger partial charge < -0.3 is 9.64 Å². The van der Waals surface area contributed by atoms with E-state index >= 15 is 0 Å². The van der Waals surface area contributed by atoms with Crippen molar-refractivity contribution < 1.29 is 17.9 Å². The summed E-state index contributed by atoms with van der Waals surface area (Å²) in [6, 6.07) is 9.28. The van der Waals surface area contributed by atoms with Gasteiger partial charge in [0.05, 0.1) is 24.1 Å². The number of ether oxygens (including phenoxy) is 1. The van der Waals surface area contributed by atoms with Crippen molar-refractivity contribution >= 4 is 21.6 Å². The molecule has 0 saturated carbocycles. The van der Waals surface area contributed by atoms with Gasteiger partial charge in [-0.15, -0.1) is 0 Å². The Morgan fingerprint density at radius 1 is 1.23 bits per heavy atom. The maximum atomic E-state index is 13.0. The molecule has 0 saturated heterocycles. The summed E-state index contributed by atoms with van der Waals surface area (Å²) >= 11 is 0. The Bertz CT molecular complexity index is 839. The molecule has 0 radical (unpaired) electrons. The number of anilines is 1. The molecular formula is C18H23N3O4S. The number of pyridine rings is 1. The summed E-state index contributed by atoms with van der Waals surface area (Å²) in [5.41, 5.74) is 0.448. The van der Waals surface area contributed by atoms with E-state index < -0.39 is 10.0 Å². The molecule has 1 amide bonds. The lowest BCUT2D eigenvalue weighted by atomic mass is 10.1. The molecule has 8 heteroatoms. The first-order valence-electron chi connectivity index (χ1n) is 8.18. The molecule has 1 heterocycles. The smallest absolute Gasteiger partial charge is 0.262 e. The number of carbonyl (C=O) groups is 1. The maximum Gasteiger partial charge on any atom is 0.262 e. The van der Waals surface area contributed by atoms with E-state index in [0.29, 0.717) is 18.8 Å². The van der Waals surface area contributed by atoms with Crippen LogP contribution in [0.5, 0.6) is 0 Å². The molecule has 140 valence electrons. The van der Waals surface area contributed by atoms with Crippen molar-refractivity contribution in [2.75, 3.05) is 25.0 Å². The summed E-state index contributed by atoms with van der Waals surface area (Å²) in [7, 11) is -2.38. The molecular weight excluding hydrogens is 354 g/mol. The zero-order chi connectivity index (χ0) is 19.2. The van der Waals surface area contributed by atoms with Gasteiger partial charge >= 0.3 is 0 Å². The van der Waals surface area contributed by atoms with Crippen LogP contribution in [0.4, 0.5) is 5.69 Å². The Kier molecular flexibility index (Phi) is 6.70. The van der Waals surface area contributed by atoms with Gasteiger partial charge in [0.25, 0.3) is 15.9 Å². The van der Waals surface area contributed by atoms with Gasteiger partial charge in [0.2, 0.25) is 0 Å². The topological polar surface area (TPSA) is 88.6 Å². The van der Waals surface area contributed by atoms with Crippen LogP contribution < -0.4 is 4.72 Å². The predicted molar refractivity (Wildman–Crippen MR) is 99.5 cm³/mol. The van der Waals surface area contributed by atoms with Crippen molar-refractivity contribution in [2.45, 2.75) is 24.8 Å². The summed E-state index contributed by atoms with van der Waals surface area (Å²) in [6.45, 7) is 4.49. The van der Waals surface area contributed by atoms with E-state index in [1.165, 1.54) is 18.3 Å². The molecule has 2 rings (SSSR count). The van der Waals surface area contributed by atoms with Crippen molar-refractivity contribution in [3.63, 3.8) is 0 Å². The largest absolute Gasteiger partial charge is 0.383 e. The normalized spacial score (nSPS) is 11.4. The van der Waals surface area contributed by atoms with Crippen molar-refractivity contribution in [3.05, 3.63) is 54.4 Å². The molecule has 1 N–H and O–H groups in total. The molecule has 1 aromatic carbocycles. The number of sulfonamides is 1. The highest BCUT2D eigenvalue weighted by Gasteiger charge is 2.26. The third-order valence-electron chi connectivity index (χ3n) is 3.74. The summed E-state index contributed by atoms with van der Waals surface area (Å²) < 4.78 is 33.1. The van der Waals surface area contributed by atoms with Crippen LogP contribution >= 0.6 is 0 Å². The lowest BCUT2D eigenvalue weighted by Crippen LogP contribution is -2.40. The van der Waals surface area contributed by atoms with Crippen LogP contribution in [-0.4, -0.2) is 50.5 Å². The fraction of sp³-hybridized carbons (Fsp3) is 0.333. The van der Waals surface area contributed by atoms with E-state index in [0.717, 1.165) is 0 Å². The van der Waals surface area contributed by atoms with Crippen LogP contribution in [0.3, 0.4) is 0 Å². The summed E-state index contributed by atoms with van der Waals surface area (Å²) in [5, 5.41) is 0. The minimum absolute atomic E-state index is 0.0723. The molecule has 0 bridgehead atoms. The first-order chi connectivity index (χ1) is 12.4. The number of aromatic nitrogens is 1. The summed E-state index contributed by atoms with van der Waals surface area (Å²) in [4.78, 5) is 18.4. The fourth-order valence-electron chi connectivity index (χ4n) is 2.45. The van der Waals surface area contributed by atoms with Gasteiger partial charge in [0.15, 0.2) is 0 Å². The van der Waals surface area contributed by atoms with E-state index in [1.54, 1.807) is 42.5 Å². The third kappa shape index (κ3) is 4.80. The van der Waals surface area contributed by atoms with E-state index in [9.17, 15) is 13.2 Å². The average molecular weight is 377 g/mol. The van der Waals surface area contributed by atoms with Crippen LogP contribution in [0.15, 0.2) is 53.7 Å². The minimum Gasteiger partial charge on any atom is -0.383 e. The number of methoxy groups -OCH3 is 1. The quantitative estimate of drug-likeness (QED) is 0.763. The van der Waals surface area contributed by atoms with Crippen molar-refractivity contribution in [3.8, 4) is 0 Å². The summed E-state index contributed by atoms with van der Waals surface area (Å²) in [5.74, 6) is -0.357. The van der Waals surface area contributed by atoms with E-state index in [-0.39, 0.29) is 22.4 Å². The molecule has 0 unspecified atom stereocenters. The van der Waals surface area contributed by atoms with Crippen molar-refractivity contribution in [2.24, 2.45) is 0 Å². The highest BCUT2D eigenvalue weighted by atomic mass is 32.2. The predicted octanol–water partition coefficient (Wildman–Crippen LogP) is 2.38. The first-order valence-corrected chi connectivity index (χ1v) is 9.67. The Morgan fingerprint density at radius 2 is 1.96 bits per heavy atom. The molecule has 7 nitrogen and oxygen atoms in total. The number of benzene rings is 1. The zero-order valence-electron chi connectivity index (χ0n) is 15.0. The zero-order valence-corrected chi connectivity index (χ0v) is 15.9. The van der Waals surface area contributed by atoms with Crippen molar-refractivity contribution in [1.29, 1.82) is 0 Å². The monoisotopic (exact) mass is 377 g/mol. The highest BCUT2D eigenvalue weighted by Crippen LogP contribution is 2.21. The molecule has 0 fully saturated rings. The number of carbonyl (C=O) groups excluding carboxylic acids is 1. The van der Waals surface area contributed by atoms with Gasteiger partial charge in [-0.1, -0.05) is 12.1 Å². The average Bonchev–Trinajstić information content (AvgIpc) is 2.62. The van der Waals surface area contributed by atoms with Gasteiger partial charge in [-0.25, -0.2) is 8.42 Å². The number of rotatable bonds is 8. The Hall–Kier alpha value is -2.45. The van der Waals surface area contributed by atoms with Crippen molar-refractivity contribution in [1.82, 2.24) is 9.88 Å². The lowest BCUT2D eigenvalue weighted by molar-refractivity contribution is 0.0631. The van der Waals surface area contributed by atoms with Gasteiger partial charge in [-0.05, 0) is 38.1 Å². The number of hydrogen-bond donors (Lipinski definition) is 1. The Labute approximate surface area is 154 Å². The van der Waals surface area contributed by atoms with Crippen LogP contribution in [0, 0.1) is 0 Å². The van der Waals surface area contributed by atoms with Gasteiger partial charge in [-0.2, -0.15) is 0 Å². The molecule has 2 aromatic rings. The standard InChI is InChI=1S/C18H23N3O4S/c1-14(2)21(11-12-25-3)18(22)16-8-4-5-9-17(16)26(23,24)20-15-7-6-10-19-13-15/h4-10,13-14,20H,11-12H2,1-3H3. The van der Waals surface area contributed by atoms with Crippen LogP contribution in [-0.2, 0) is 14.8 Å². The molecule has 0 aliphatic carbocycles. The number of nitrogens with one attached hydrogen (secondary N) is 1. The second-order valence-corrected chi connectivity index (χ2v) is 7.58. The highest BCUT2D eigenvalue weighted by molar-refractivity contribution is 7.92. The fourth-order valence-corrected chi connectivity index (χ4v) is 3.69.